The molecule has 1 aromatic rings. The van der Waals surface area contributed by atoms with Crippen LogP contribution in [0.2, 0.25) is 0 Å². The molecule has 0 radical (unpaired) electrons. The molecule has 0 aromatic heterocycles. The molecule has 1 unspecified atom stereocenters. The molecule has 0 saturated carbocycles. The van der Waals surface area contributed by atoms with Crippen molar-refractivity contribution in [2.24, 2.45) is 5.41 Å². The van der Waals surface area contributed by atoms with Gasteiger partial charge in [0.1, 0.15) is 12.1 Å². The van der Waals surface area contributed by atoms with Crippen molar-refractivity contribution in [3.63, 3.8) is 0 Å². The van der Waals surface area contributed by atoms with Gasteiger partial charge in [0.15, 0.2) is 0 Å². The van der Waals surface area contributed by atoms with E-state index >= 15 is 0 Å². The molecule has 0 spiro atoms. The molecule has 3 aliphatic rings. The monoisotopic (exact) mass is 486 g/mol. The molecule has 2 aliphatic heterocycles. The van der Waals surface area contributed by atoms with E-state index in [0.29, 0.717) is 12.8 Å². The summed E-state index contributed by atoms with van der Waals surface area (Å²) in [6.45, 7) is 6.10. The molecule has 7 nitrogen and oxygen atoms in total. The summed E-state index contributed by atoms with van der Waals surface area (Å²) in [6, 6.07) is 6.79. The highest BCUT2D eigenvalue weighted by Crippen LogP contribution is 2.46. The van der Waals surface area contributed by atoms with Crippen LogP contribution in [0.25, 0.3) is 0 Å². The lowest BCUT2D eigenvalue weighted by molar-refractivity contribution is -0.144. The van der Waals surface area contributed by atoms with Crippen molar-refractivity contribution in [1.82, 2.24) is 20.9 Å². The quantitative estimate of drug-likeness (QED) is 0.575. The molecule has 5 atom stereocenters. The Kier molecular flexibility index (Phi) is 7.57. The molecule has 0 bridgehead atoms. The van der Waals surface area contributed by atoms with Gasteiger partial charge < -0.3 is 20.9 Å². The zero-order valence-electron chi connectivity index (χ0n) is 20.7. The first kappa shape index (κ1) is 25.0. The number of carbonyl (C=O) groups excluding carboxylic acids is 3. The first-order valence-electron chi connectivity index (χ1n) is 12.6. The molecule has 2 heterocycles. The molecule has 8 heteroatoms. The highest BCUT2D eigenvalue weighted by Gasteiger charge is 2.54. The van der Waals surface area contributed by atoms with Crippen LogP contribution in [0.5, 0.6) is 0 Å². The van der Waals surface area contributed by atoms with Gasteiger partial charge in [-0.1, -0.05) is 45.0 Å². The standard InChI is InChI=1S/C26H38N4O3S/c1-5-18(27-4)23(31)29-20-13-14-34-21-15-26(2,3)22(30(21)25(20)33)24(32)28-19-12-8-10-16-9-6-7-11-17(16)19/h6-7,9,11,18-22,27H,5,8,10,12-15H2,1-4H3,(H,28,32)(H,29,31)/t18?,19-,20+,21+,22-/m1/s1. The first-order valence-corrected chi connectivity index (χ1v) is 13.6. The Hall–Kier alpha value is -2.06. The number of hydrogen-bond acceptors (Lipinski definition) is 5. The van der Waals surface area contributed by atoms with Gasteiger partial charge >= 0.3 is 0 Å². The molecule has 1 aliphatic carbocycles. The van der Waals surface area contributed by atoms with E-state index in [2.05, 4.69) is 41.9 Å². The van der Waals surface area contributed by atoms with Crippen molar-refractivity contribution >= 4 is 29.5 Å². The highest BCUT2D eigenvalue weighted by atomic mass is 32.2. The Morgan fingerprint density at radius 3 is 2.68 bits per heavy atom. The molecular weight excluding hydrogens is 448 g/mol. The summed E-state index contributed by atoms with van der Waals surface area (Å²) < 4.78 is 0. The number of amides is 3. The fourth-order valence-electron chi connectivity index (χ4n) is 5.80. The number of nitrogens with zero attached hydrogens (tertiary/aromatic N) is 1. The Labute approximate surface area is 207 Å². The number of aryl methyl sites for hydroxylation is 1. The molecule has 34 heavy (non-hydrogen) atoms. The molecule has 4 rings (SSSR count). The number of likely N-dealkylation sites (N-methyl/N-ethyl adjacent to an activating group) is 1. The predicted octanol–water partition coefficient (Wildman–Crippen LogP) is 2.75. The maximum Gasteiger partial charge on any atom is 0.246 e. The van der Waals surface area contributed by atoms with Crippen molar-refractivity contribution in [1.29, 1.82) is 0 Å². The first-order chi connectivity index (χ1) is 16.3. The van der Waals surface area contributed by atoms with Gasteiger partial charge in [-0.2, -0.15) is 0 Å². The number of fused-ring (bicyclic) bond motifs is 2. The van der Waals surface area contributed by atoms with Gasteiger partial charge in [0, 0.05) is 0 Å². The molecule has 1 aromatic carbocycles. The van der Waals surface area contributed by atoms with Gasteiger partial charge in [-0.25, -0.2) is 0 Å². The summed E-state index contributed by atoms with van der Waals surface area (Å²) in [7, 11) is 1.75. The van der Waals surface area contributed by atoms with Crippen molar-refractivity contribution in [3.05, 3.63) is 35.4 Å². The van der Waals surface area contributed by atoms with E-state index in [1.54, 1.807) is 23.7 Å². The van der Waals surface area contributed by atoms with Crippen molar-refractivity contribution < 1.29 is 14.4 Å². The third-order valence-electron chi connectivity index (χ3n) is 7.62. The van der Waals surface area contributed by atoms with E-state index in [4.69, 9.17) is 0 Å². The van der Waals surface area contributed by atoms with Gasteiger partial charge in [0.05, 0.1) is 17.5 Å². The lowest BCUT2D eigenvalue weighted by Crippen LogP contribution is -2.58. The number of benzene rings is 1. The van der Waals surface area contributed by atoms with Gasteiger partial charge in [0.2, 0.25) is 17.7 Å². The maximum absolute atomic E-state index is 13.8. The van der Waals surface area contributed by atoms with Gasteiger partial charge in [-0.3, -0.25) is 14.4 Å². The maximum atomic E-state index is 13.8. The van der Waals surface area contributed by atoms with Crippen LogP contribution in [0.1, 0.15) is 70.0 Å². The van der Waals surface area contributed by atoms with Crippen LogP contribution in [-0.2, 0) is 20.8 Å². The van der Waals surface area contributed by atoms with Gasteiger partial charge in [0.25, 0.3) is 0 Å². The summed E-state index contributed by atoms with van der Waals surface area (Å²) in [4.78, 5) is 42.0. The minimum atomic E-state index is -0.605. The lowest BCUT2D eigenvalue weighted by atomic mass is 9.83. The normalized spacial score (nSPS) is 28.9. The average Bonchev–Trinajstić information content (AvgIpc) is 3.00. The van der Waals surface area contributed by atoms with Gasteiger partial charge in [-0.15, -0.1) is 11.8 Å². The SMILES string of the molecule is CCC(NC)C(=O)N[C@H]1CCS[C@H]2CC(C)(C)[C@@H](C(=O)N[C@@H]3CCCc4ccccc43)N2C1=O. The zero-order chi connectivity index (χ0) is 24.5. The Morgan fingerprint density at radius 1 is 1.18 bits per heavy atom. The number of carbonyl (C=O) groups is 3. The van der Waals surface area contributed by atoms with Crippen molar-refractivity contribution in [2.45, 2.75) is 88.8 Å². The molecule has 186 valence electrons. The zero-order valence-corrected chi connectivity index (χ0v) is 21.5. The number of nitrogens with one attached hydrogen (secondary N) is 3. The summed E-state index contributed by atoms with van der Waals surface area (Å²) in [5, 5.41) is 9.22. The minimum Gasteiger partial charge on any atom is -0.347 e. The number of rotatable bonds is 6. The Balaban J connectivity index is 1.55. The highest BCUT2D eigenvalue weighted by molar-refractivity contribution is 7.99. The number of thioether (sulfide) groups is 1. The minimum absolute atomic E-state index is 0.0292. The van der Waals surface area contributed by atoms with Crippen LogP contribution >= 0.6 is 11.8 Å². The van der Waals surface area contributed by atoms with E-state index in [1.807, 2.05) is 19.1 Å². The topological polar surface area (TPSA) is 90.5 Å². The van der Waals surface area contributed by atoms with E-state index in [0.717, 1.165) is 31.4 Å². The van der Waals surface area contributed by atoms with Crippen LogP contribution in [0.15, 0.2) is 24.3 Å². The van der Waals surface area contributed by atoms with Crippen LogP contribution in [0.4, 0.5) is 0 Å². The summed E-state index contributed by atoms with van der Waals surface area (Å²) in [5.74, 6) is 0.389. The molecule has 2 saturated heterocycles. The summed E-state index contributed by atoms with van der Waals surface area (Å²) in [5.41, 5.74) is 2.13. The van der Waals surface area contributed by atoms with Crippen LogP contribution in [-0.4, -0.2) is 58.9 Å². The fraction of sp³-hybridized carbons (Fsp3) is 0.654. The Morgan fingerprint density at radius 2 is 1.94 bits per heavy atom. The predicted molar refractivity (Wildman–Crippen MR) is 135 cm³/mol. The summed E-state index contributed by atoms with van der Waals surface area (Å²) in [6.07, 6.45) is 4.96. The molecule has 3 N–H and O–H groups in total. The van der Waals surface area contributed by atoms with Crippen LogP contribution in [0, 0.1) is 5.41 Å². The third kappa shape index (κ3) is 4.85. The number of hydrogen-bond donors (Lipinski definition) is 3. The largest absolute Gasteiger partial charge is 0.347 e. The second kappa shape index (κ2) is 10.3. The fourth-order valence-corrected chi connectivity index (χ4v) is 7.38. The molecule has 3 amide bonds. The lowest BCUT2D eigenvalue weighted by Gasteiger charge is -2.36. The smallest absolute Gasteiger partial charge is 0.246 e. The third-order valence-corrected chi connectivity index (χ3v) is 8.87. The second-order valence-electron chi connectivity index (χ2n) is 10.4. The summed E-state index contributed by atoms with van der Waals surface area (Å²) >= 11 is 1.73. The van der Waals surface area contributed by atoms with Gasteiger partial charge in [-0.05, 0) is 67.9 Å². The van der Waals surface area contributed by atoms with E-state index in [1.165, 1.54) is 11.1 Å². The molecular formula is C26H38N4O3S. The Bertz CT molecular complexity index is 932. The van der Waals surface area contributed by atoms with E-state index in [-0.39, 0.29) is 40.6 Å². The van der Waals surface area contributed by atoms with Crippen LogP contribution < -0.4 is 16.0 Å². The average molecular weight is 487 g/mol. The van der Waals surface area contributed by atoms with E-state index < -0.39 is 12.1 Å². The van der Waals surface area contributed by atoms with Crippen molar-refractivity contribution in [2.75, 3.05) is 12.8 Å². The van der Waals surface area contributed by atoms with Crippen LogP contribution in [0.3, 0.4) is 0 Å². The van der Waals surface area contributed by atoms with E-state index in [9.17, 15) is 14.4 Å². The second-order valence-corrected chi connectivity index (χ2v) is 11.7. The van der Waals surface area contributed by atoms with Crippen molar-refractivity contribution in [3.8, 4) is 0 Å². The molecule has 2 fully saturated rings.